The maximum atomic E-state index is 12.7. The van der Waals surface area contributed by atoms with Crippen LogP contribution >= 0.6 is 0 Å². The summed E-state index contributed by atoms with van der Waals surface area (Å²) in [4.78, 5) is 23.5. The molecule has 3 aliphatic rings. The molecule has 6 rings (SSSR count). The van der Waals surface area contributed by atoms with E-state index < -0.39 is 0 Å². The molecule has 0 radical (unpaired) electrons. The molecule has 2 aliphatic heterocycles. The first-order chi connectivity index (χ1) is 18.5. The summed E-state index contributed by atoms with van der Waals surface area (Å²) < 4.78 is 23.2. The van der Waals surface area contributed by atoms with E-state index in [1.165, 1.54) is 23.0 Å². The number of methoxy groups -OCH3 is 1. The minimum atomic E-state index is 0.195. The molecule has 1 aromatic heterocycles. The number of fused-ring (bicyclic) bond motifs is 2. The van der Waals surface area contributed by atoms with Crippen LogP contribution in [0.1, 0.15) is 43.7 Å². The lowest BCUT2D eigenvalue weighted by molar-refractivity contribution is -0.153. The average Bonchev–Trinajstić information content (AvgIpc) is 3.29. The van der Waals surface area contributed by atoms with Crippen LogP contribution in [0.15, 0.2) is 42.2 Å². The van der Waals surface area contributed by atoms with Gasteiger partial charge in [-0.25, -0.2) is 9.97 Å². The maximum Gasteiger partial charge on any atom is 0.230 e. The van der Waals surface area contributed by atoms with Crippen molar-refractivity contribution in [3.8, 4) is 23.1 Å². The van der Waals surface area contributed by atoms with Crippen molar-refractivity contribution in [3.63, 3.8) is 0 Å². The number of piperidine rings is 1. The number of benzene rings is 2. The van der Waals surface area contributed by atoms with Crippen LogP contribution < -0.4 is 14.2 Å². The van der Waals surface area contributed by atoms with Gasteiger partial charge in [-0.3, -0.25) is 4.79 Å². The first-order valence-corrected chi connectivity index (χ1v) is 13.3. The molecule has 2 aromatic carbocycles. The van der Waals surface area contributed by atoms with Gasteiger partial charge in [-0.05, 0) is 61.9 Å². The smallest absolute Gasteiger partial charge is 0.230 e. The van der Waals surface area contributed by atoms with Gasteiger partial charge in [-0.15, -0.1) is 0 Å². The van der Waals surface area contributed by atoms with E-state index in [4.69, 9.17) is 18.9 Å². The Morgan fingerprint density at radius 1 is 1.11 bits per heavy atom. The van der Waals surface area contributed by atoms with E-state index in [2.05, 4.69) is 29.0 Å². The van der Waals surface area contributed by atoms with Crippen molar-refractivity contribution in [2.24, 2.45) is 5.41 Å². The highest BCUT2D eigenvalue weighted by Crippen LogP contribution is 2.39. The van der Waals surface area contributed by atoms with Gasteiger partial charge in [0, 0.05) is 31.0 Å². The standard InChI is InChI=1S/C30H33N3O5/c1-20-12-21-5-6-23(14-22(21)13-20)38-29-24-15-26(35-2)27(16-25(24)31-19-32-29)37-11-3-4-28(34)33-9-7-30(8-10-33)17-36-18-30/h5-6,13-16,19H,3-4,7-12,17-18H2,1-2H3. The van der Waals surface area contributed by atoms with Crippen molar-refractivity contribution in [2.75, 3.05) is 40.0 Å². The zero-order chi connectivity index (χ0) is 26.1. The SMILES string of the molecule is COc1cc2c(Oc3ccc4c(c3)C=C(C)C4)ncnc2cc1OCCCC(=O)N1CCC2(CC1)COC2. The van der Waals surface area contributed by atoms with Crippen LogP contribution in [0, 0.1) is 5.41 Å². The quantitative estimate of drug-likeness (QED) is 0.382. The Balaban J connectivity index is 1.09. The Labute approximate surface area is 222 Å². The zero-order valence-corrected chi connectivity index (χ0v) is 22.0. The number of likely N-dealkylation sites (tertiary alicyclic amines) is 1. The molecule has 38 heavy (non-hydrogen) atoms. The van der Waals surface area contributed by atoms with Crippen molar-refractivity contribution < 1.29 is 23.7 Å². The molecule has 8 heteroatoms. The summed E-state index contributed by atoms with van der Waals surface area (Å²) in [6.07, 6.45) is 7.84. The molecule has 1 aliphatic carbocycles. The van der Waals surface area contributed by atoms with E-state index in [-0.39, 0.29) is 5.91 Å². The van der Waals surface area contributed by atoms with Gasteiger partial charge in [0.25, 0.3) is 0 Å². The largest absolute Gasteiger partial charge is 0.493 e. The number of rotatable bonds is 8. The number of allylic oxidation sites excluding steroid dienone is 1. The molecule has 0 bridgehead atoms. The summed E-state index contributed by atoms with van der Waals surface area (Å²) in [7, 11) is 1.60. The fourth-order valence-electron chi connectivity index (χ4n) is 5.53. The zero-order valence-electron chi connectivity index (χ0n) is 22.0. The summed E-state index contributed by atoms with van der Waals surface area (Å²) in [5, 5.41) is 0.735. The third kappa shape index (κ3) is 4.92. The number of aromatic nitrogens is 2. The summed E-state index contributed by atoms with van der Waals surface area (Å²) in [5.41, 5.74) is 4.86. The molecule has 2 saturated heterocycles. The number of nitrogens with zero attached hydrogens (tertiary/aromatic N) is 3. The summed E-state index contributed by atoms with van der Waals surface area (Å²) in [6, 6.07) is 9.79. The predicted molar refractivity (Wildman–Crippen MR) is 144 cm³/mol. The topological polar surface area (TPSA) is 83.0 Å². The second-order valence-electron chi connectivity index (χ2n) is 10.7. The van der Waals surface area contributed by atoms with Crippen molar-refractivity contribution >= 4 is 22.9 Å². The molecule has 8 nitrogen and oxygen atoms in total. The molecule has 0 unspecified atom stereocenters. The highest BCUT2D eigenvalue weighted by Gasteiger charge is 2.41. The van der Waals surface area contributed by atoms with E-state index >= 15 is 0 Å². The number of carbonyl (C=O) groups excluding carboxylic acids is 1. The lowest BCUT2D eigenvalue weighted by atomic mass is 9.77. The second kappa shape index (κ2) is 10.3. The molecule has 2 fully saturated rings. The van der Waals surface area contributed by atoms with Gasteiger partial charge >= 0.3 is 0 Å². The Bertz CT molecular complexity index is 1390. The number of hydrogen-bond acceptors (Lipinski definition) is 7. The third-order valence-electron chi connectivity index (χ3n) is 7.87. The monoisotopic (exact) mass is 515 g/mol. The molecular weight excluding hydrogens is 482 g/mol. The van der Waals surface area contributed by atoms with Gasteiger partial charge in [-0.1, -0.05) is 17.7 Å². The van der Waals surface area contributed by atoms with Crippen molar-refractivity contribution in [3.05, 3.63) is 53.4 Å². The van der Waals surface area contributed by atoms with Gasteiger partial charge < -0.3 is 23.8 Å². The number of hydrogen-bond donors (Lipinski definition) is 0. The number of amides is 1. The molecule has 3 heterocycles. The lowest BCUT2D eigenvalue weighted by Crippen LogP contribution is -2.52. The van der Waals surface area contributed by atoms with Crippen LogP contribution in [0.2, 0.25) is 0 Å². The van der Waals surface area contributed by atoms with Gasteiger partial charge in [-0.2, -0.15) is 0 Å². The highest BCUT2D eigenvalue weighted by molar-refractivity contribution is 5.87. The molecular formula is C30H33N3O5. The number of ether oxygens (including phenoxy) is 4. The van der Waals surface area contributed by atoms with Crippen LogP contribution in [0.5, 0.6) is 23.1 Å². The molecule has 1 spiro atoms. The molecule has 198 valence electrons. The number of carbonyl (C=O) groups is 1. The first-order valence-electron chi connectivity index (χ1n) is 13.3. The van der Waals surface area contributed by atoms with Gasteiger partial charge in [0.15, 0.2) is 11.5 Å². The molecule has 0 atom stereocenters. The van der Waals surface area contributed by atoms with Crippen LogP contribution in [0.3, 0.4) is 0 Å². The van der Waals surface area contributed by atoms with Crippen molar-refractivity contribution in [2.45, 2.75) is 39.0 Å². The normalized spacial score (nSPS) is 17.6. The van der Waals surface area contributed by atoms with Gasteiger partial charge in [0.2, 0.25) is 11.8 Å². The predicted octanol–water partition coefficient (Wildman–Crippen LogP) is 5.19. The minimum Gasteiger partial charge on any atom is -0.493 e. The highest BCUT2D eigenvalue weighted by atomic mass is 16.5. The average molecular weight is 516 g/mol. The maximum absolute atomic E-state index is 12.7. The minimum absolute atomic E-state index is 0.195. The van der Waals surface area contributed by atoms with Crippen molar-refractivity contribution in [1.29, 1.82) is 0 Å². The van der Waals surface area contributed by atoms with Crippen LogP contribution in [0.25, 0.3) is 17.0 Å². The summed E-state index contributed by atoms with van der Waals surface area (Å²) in [6.45, 7) is 5.90. The Kier molecular flexibility index (Phi) is 6.66. The second-order valence-corrected chi connectivity index (χ2v) is 10.7. The summed E-state index contributed by atoms with van der Waals surface area (Å²) >= 11 is 0. The first kappa shape index (κ1) is 24.7. The fourth-order valence-corrected chi connectivity index (χ4v) is 5.53. The fraction of sp³-hybridized carbons (Fsp3) is 0.433. The molecule has 0 saturated carbocycles. The summed E-state index contributed by atoms with van der Waals surface area (Å²) in [5.74, 6) is 2.53. The van der Waals surface area contributed by atoms with Crippen molar-refractivity contribution in [1.82, 2.24) is 14.9 Å². The van der Waals surface area contributed by atoms with Crippen LogP contribution in [-0.4, -0.2) is 60.8 Å². The Morgan fingerprint density at radius 3 is 2.71 bits per heavy atom. The van der Waals surface area contributed by atoms with Crippen LogP contribution in [-0.2, 0) is 16.0 Å². The Morgan fingerprint density at radius 2 is 1.95 bits per heavy atom. The van der Waals surface area contributed by atoms with Crippen LogP contribution in [0.4, 0.5) is 0 Å². The molecule has 0 N–H and O–H groups in total. The van der Waals surface area contributed by atoms with E-state index in [0.29, 0.717) is 47.8 Å². The molecule has 1 amide bonds. The lowest BCUT2D eigenvalue weighted by Gasteiger charge is -2.47. The third-order valence-corrected chi connectivity index (χ3v) is 7.87. The molecule has 3 aromatic rings. The van der Waals surface area contributed by atoms with E-state index in [0.717, 1.165) is 56.7 Å². The van der Waals surface area contributed by atoms with E-state index in [1.807, 2.05) is 29.2 Å². The van der Waals surface area contributed by atoms with Gasteiger partial charge in [0.05, 0.1) is 37.8 Å². The Hall–Kier alpha value is -3.65. The van der Waals surface area contributed by atoms with E-state index in [9.17, 15) is 4.79 Å². The van der Waals surface area contributed by atoms with Gasteiger partial charge in [0.1, 0.15) is 12.1 Å². The van der Waals surface area contributed by atoms with E-state index in [1.54, 1.807) is 7.11 Å².